The number of benzene rings is 2. The van der Waals surface area contributed by atoms with Crippen molar-refractivity contribution in [3.63, 3.8) is 0 Å². The molecule has 0 aliphatic heterocycles. The number of H-pyrrole nitrogens is 1. The zero-order valence-electron chi connectivity index (χ0n) is 16.2. The molecule has 2 heteroatoms. The third kappa shape index (κ3) is 3.02. The van der Waals surface area contributed by atoms with E-state index in [2.05, 4.69) is 66.9 Å². The SMILES string of the molecule is [2H]n1c(C2CCCCC2)c(C)[n+](-c2ccccc2C)c1-c1ccccc1. The molecule has 0 amide bonds. The van der Waals surface area contributed by atoms with Gasteiger partial charge >= 0.3 is 1.41 Å². The molecule has 128 valence electrons. The number of rotatable bonds is 3. The molecule has 1 aliphatic carbocycles. The first-order valence-electron chi connectivity index (χ1n) is 9.91. The highest BCUT2D eigenvalue weighted by Gasteiger charge is 2.30. The van der Waals surface area contributed by atoms with Crippen LogP contribution in [-0.4, -0.2) is 4.98 Å². The third-order valence-electron chi connectivity index (χ3n) is 5.52. The van der Waals surface area contributed by atoms with Crippen molar-refractivity contribution >= 4 is 0 Å². The average Bonchev–Trinajstić information content (AvgIpc) is 2.94. The van der Waals surface area contributed by atoms with Gasteiger partial charge < -0.3 is 0 Å². The van der Waals surface area contributed by atoms with Gasteiger partial charge in [-0.05, 0) is 43.5 Å². The van der Waals surface area contributed by atoms with Crippen molar-refractivity contribution in [1.82, 2.24) is 4.98 Å². The lowest BCUT2D eigenvalue weighted by molar-refractivity contribution is -0.589. The predicted molar refractivity (Wildman–Crippen MR) is 103 cm³/mol. The van der Waals surface area contributed by atoms with Gasteiger partial charge in [0.05, 0.1) is 5.56 Å². The summed E-state index contributed by atoms with van der Waals surface area (Å²) in [6, 6.07) is 18.9. The summed E-state index contributed by atoms with van der Waals surface area (Å²) in [7, 11) is 0. The van der Waals surface area contributed by atoms with Gasteiger partial charge in [-0.1, -0.05) is 55.7 Å². The maximum absolute atomic E-state index is 9.00. The Hall–Kier alpha value is -2.35. The Labute approximate surface area is 152 Å². The van der Waals surface area contributed by atoms with Gasteiger partial charge in [0, 0.05) is 12.8 Å². The van der Waals surface area contributed by atoms with Crippen molar-refractivity contribution in [3.8, 4) is 17.1 Å². The highest BCUT2D eigenvalue weighted by Crippen LogP contribution is 2.34. The molecular formula is C23H27N2+. The molecule has 3 aromatic rings. The van der Waals surface area contributed by atoms with Crippen LogP contribution in [0.4, 0.5) is 0 Å². The monoisotopic (exact) mass is 332 g/mol. The zero-order chi connectivity index (χ0) is 18.1. The largest absolute Gasteiger partial charge is 0.312 e. The van der Waals surface area contributed by atoms with Gasteiger partial charge in [-0.2, -0.15) is 4.57 Å². The number of nitrogens with one attached hydrogen (secondary N) is 1. The van der Waals surface area contributed by atoms with Crippen molar-refractivity contribution < 1.29 is 5.98 Å². The molecule has 2 nitrogen and oxygen atoms in total. The first-order chi connectivity index (χ1) is 12.7. The van der Waals surface area contributed by atoms with E-state index in [0.717, 1.165) is 11.4 Å². The summed E-state index contributed by atoms with van der Waals surface area (Å²) in [5.41, 5.74) is 5.90. The molecule has 1 saturated carbocycles. The molecule has 1 aromatic heterocycles. The Morgan fingerprint density at radius 2 is 1.60 bits per heavy atom. The normalized spacial score (nSPS) is 16.0. The first kappa shape index (κ1) is 14.9. The van der Waals surface area contributed by atoms with E-state index in [4.69, 9.17) is 1.41 Å². The van der Waals surface area contributed by atoms with Gasteiger partial charge in [-0.3, -0.25) is 0 Å². The maximum atomic E-state index is 9.00. The van der Waals surface area contributed by atoms with Gasteiger partial charge in [0.1, 0.15) is 17.1 Å². The fraction of sp³-hybridized carbons (Fsp3) is 0.348. The predicted octanol–water partition coefficient (Wildman–Crippen LogP) is 5.62. The van der Waals surface area contributed by atoms with E-state index in [1.165, 1.54) is 54.7 Å². The summed E-state index contributed by atoms with van der Waals surface area (Å²) >= 11 is 0. The molecule has 1 aliphatic rings. The van der Waals surface area contributed by atoms with E-state index in [1.807, 2.05) is 6.07 Å². The number of imidazole rings is 1. The number of aryl methyl sites for hydroxylation is 1. The quantitative estimate of drug-likeness (QED) is 0.600. The van der Waals surface area contributed by atoms with Gasteiger partial charge in [-0.25, -0.2) is 4.98 Å². The van der Waals surface area contributed by atoms with Crippen LogP contribution < -0.4 is 4.57 Å². The van der Waals surface area contributed by atoms with E-state index < -0.39 is 0 Å². The van der Waals surface area contributed by atoms with Gasteiger partial charge in [-0.15, -0.1) is 0 Å². The fourth-order valence-electron chi connectivity index (χ4n) is 4.17. The average molecular weight is 332 g/mol. The molecule has 0 unspecified atom stereocenters. The van der Waals surface area contributed by atoms with E-state index in [-0.39, 0.29) is 0 Å². The van der Waals surface area contributed by atoms with Crippen molar-refractivity contribution in [2.75, 3.05) is 0 Å². The molecule has 0 spiro atoms. The minimum atomic E-state index is 0.494. The Morgan fingerprint density at radius 3 is 2.32 bits per heavy atom. The number of aromatic amines is 1. The molecule has 4 rings (SSSR count). The van der Waals surface area contributed by atoms with Crippen LogP contribution in [-0.2, 0) is 0 Å². The molecule has 1 fully saturated rings. The summed E-state index contributed by atoms with van der Waals surface area (Å²) in [5, 5.41) is 0. The molecule has 1 N–H and O–H groups in total. The number of aromatic nitrogens is 2. The highest BCUT2D eigenvalue weighted by atomic mass is 15.1. The number of nitrogens with zero attached hydrogens (tertiary/aromatic N) is 1. The van der Waals surface area contributed by atoms with Crippen molar-refractivity contribution in [1.29, 1.82) is 0 Å². The van der Waals surface area contributed by atoms with Gasteiger partial charge in [0.15, 0.2) is 0 Å². The second-order valence-corrected chi connectivity index (χ2v) is 7.23. The zero-order valence-corrected chi connectivity index (χ0v) is 15.2. The van der Waals surface area contributed by atoms with Crippen LogP contribution in [0.5, 0.6) is 0 Å². The van der Waals surface area contributed by atoms with Crippen LogP contribution in [0.25, 0.3) is 17.1 Å². The van der Waals surface area contributed by atoms with Crippen LogP contribution in [0.2, 0.25) is 1.41 Å². The van der Waals surface area contributed by atoms with Crippen molar-refractivity contribution in [2.24, 2.45) is 0 Å². The Kier molecular flexibility index (Phi) is 4.11. The Bertz CT molecular complexity index is 905. The molecule has 0 bridgehead atoms. The Morgan fingerprint density at radius 1 is 0.920 bits per heavy atom. The second-order valence-electron chi connectivity index (χ2n) is 7.23. The van der Waals surface area contributed by atoms with E-state index >= 15 is 0 Å². The molecule has 25 heavy (non-hydrogen) atoms. The number of hydrogen-bond acceptors (Lipinski definition) is 0. The minimum absolute atomic E-state index is 0.494. The van der Waals surface area contributed by atoms with Crippen LogP contribution in [0.15, 0.2) is 54.6 Å². The lowest BCUT2D eigenvalue weighted by atomic mass is 9.86. The standard InChI is InChI=1S/C23H26N2/c1-17-11-9-10-16-21(17)25-18(2)22(19-12-5-3-6-13-19)24-23(25)20-14-7-4-8-15-20/h4,7-11,14-16,19H,3,5-6,12-13H2,1-2H3/p+1/i/hD. The maximum Gasteiger partial charge on any atom is 0.312 e. The molecule has 2 aromatic carbocycles. The Balaban J connectivity index is 1.98. The molecule has 1 heterocycles. The van der Waals surface area contributed by atoms with Crippen LogP contribution in [0.1, 0.15) is 55.0 Å². The fourth-order valence-corrected chi connectivity index (χ4v) is 4.17. The first-order valence-corrected chi connectivity index (χ1v) is 9.46. The van der Waals surface area contributed by atoms with Crippen molar-refractivity contribution in [3.05, 3.63) is 71.5 Å². The highest BCUT2D eigenvalue weighted by molar-refractivity contribution is 5.54. The van der Waals surface area contributed by atoms with E-state index in [0.29, 0.717) is 5.92 Å². The number of para-hydroxylation sites is 1. The van der Waals surface area contributed by atoms with Crippen LogP contribution in [0, 0.1) is 13.8 Å². The summed E-state index contributed by atoms with van der Waals surface area (Å²) < 4.78 is 11.3. The summed E-state index contributed by atoms with van der Waals surface area (Å²) in [6.45, 7) is 4.34. The molecular weight excluding hydrogens is 304 g/mol. The lowest BCUT2D eigenvalue weighted by Crippen LogP contribution is -2.35. The number of hydrogen-bond donors (Lipinski definition) is 1. The minimum Gasteiger partial charge on any atom is -0.240 e. The molecule has 0 atom stereocenters. The second kappa shape index (κ2) is 6.87. The summed E-state index contributed by atoms with van der Waals surface area (Å²) in [4.78, 5) is 1.72. The van der Waals surface area contributed by atoms with Crippen LogP contribution in [0.3, 0.4) is 0 Å². The molecule has 0 saturated heterocycles. The topological polar surface area (TPSA) is 19.7 Å². The van der Waals surface area contributed by atoms with Crippen LogP contribution >= 0.6 is 0 Å². The smallest absolute Gasteiger partial charge is 0.240 e. The van der Waals surface area contributed by atoms with E-state index in [1.54, 1.807) is 4.98 Å². The summed E-state index contributed by atoms with van der Waals surface area (Å²) in [6.07, 6.45) is 6.29. The van der Waals surface area contributed by atoms with Crippen molar-refractivity contribution in [2.45, 2.75) is 51.9 Å². The van der Waals surface area contributed by atoms with E-state index in [9.17, 15) is 0 Å². The summed E-state index contributed by atoms with van der Waals surface area (Å²) in [5.74, 6) is 1.45. The van der Waals surface area contributed by atoms with Gasteiger partial charge in [0.2, 0.25) is 0 Å². The molecule has 0 radical (unpaired) electrons. The lowest BCUT2D eigenvalue weighted by Gasteiger charge is -2.18. The third-order valence-corrected chi connectivity index (χ3v) is 5.52. The van der Waals surface area contributed by atoms with Gasteiger partial charge in [0.25, 0.3) is 5.82 Å².